The Kier molecular flexibility index (Phi) is 4.23. The van der Waals surface area contributed by atoms with Crippen LogP contribution in [0.4, 0.5) is 5.69 Å². The molecule has 0 aliphatic carbocycles. The normalized spacial score (nSPS) is 14.9. The molecule has 2 amide bonds. The molecule has 0 fully saturated rings. The molecule has 2 aromatic carbocycles. The Bertz CT molecular complexity index is 1220. The number of carbonyl (C=O) groups is 2. The zero-order valence-electron chi connectivity index (χ0n) is 14.5. The molecule has 0 saturated carbocycles. The van der Waals surface area contributed by atoms with Crippen LogP contribution in [0.2, 0.25) is 0 Å². The molecule has 0 atom stereocenters. The summed E-state index contributed by atoms with van der Waals surface area (Å²) in [4.78, 5) is 28.8. The summed E-state index contributed by atoms with van der Waals surface area (Å²) in [5, 5.41) is 13.1. The highest BCUT2D eigenvalue weighted by Gasteiger charge is 2.40. The van der Waals surface area contributed by atoms with Crippen molar-refractivity contribution in [1.82, 2.24) is 9.29 Å². The number of hydrogen-bond donors (Lipinski definition) is 2. The highest BCUT2D eigenvalue weighted by Crippen LogP contribution is 2.31. The molecule has 3 aromatic rings. The average Bonchev–Trinajstić information content (AvgIpc) is 2.89. The number of pyridine rings is 1. The zero-order valence-corrected chi connectivity index (χ0v) is 15.3. The van der Waals surface area contributed by atoms with E-state index in [0.717, 1.165) is 0 Å². The van der Waals surface area contributed by atoms with Gasteiger partial charge in [0.15, 0.2) is 0 Å². The van der Waals surface area contributed by atoms with Gasteiger partial charge in [0, 0.05) is 24.5 Å². The van der Waals surface area contributed by atoms with Gasteiger partial charge in [0.2, 0.25) is 5.91 Å². The molecule has 9 heteroatoms. The molecule has 2 heterocycles. The predicted octanol–water partition coefficient (Wildman–Crippen LogP) is 2.11. The van der Waals surface area contributed by atoms with Crippen LogP contribution in [0.1, 0.15) is 16.8 Å². The van der Waals surface area contributed by atoms with Gasteiger partial charge < -0.3 is 10.4 Å². The number of rotatable bonds is 4. The van der Waals surface area contributed by atoms with E-state index < -0.39 is 21.8 Å². The minimum atomic E-state index is -3.94. The van der Waals surface area contributed by atoms with E-state index in [0.29, 0.717) is 20.9 Å². The smallest absolute Gasteiger partial charge is 0.269 e. The SMILES string of the molecule is O=C(CCN1C(=O)c2ccccc2S1(=O)=O)Nc1ccc(O)c2ncccc12. The van der Waals surface area contributed by atoms with Crippen molar-refractivity contribution in [2.45, 2.75) is 11.3 Å². The molecule has 4 rings (SSSR count). The molecule has 1 aliphatic heterocycles. The first kappa shape index (κ1) is 17.9. The zero-order chi connectivity index (χ0) is 19.9. The van der Waals surface area contributed by atoms with Gasteiger partial charge >= 0.3 is 0 Å². The second-order valence-corrected chi connectivity index (χ2v) is 8.04. The predicted molar refractivity (Wildman–Crippen MR) is 101 cm³/mol. The summed E-state index contributed by atoms with van der Waals surface area (Å²) in [6.45, 7) is -0.268. The molecule has 0 bridgehead atoms. The molecule has 0 spiro atoms. The fraction of sp³-hybridized carbons (Fsp3) is 0.105. The van der Waals surface area contributed by atoms with E-state index in [-0.39, 0.29) is 29.2 Å². The van der Waals surface area contributed by atoms with Gasteiger partial charge in [-0.3, -0.25) is 14.6 Å². The summed E-state index contributed by atoms with van der Waals surface area (Å²) in [6, 6.07) is 12.3. The lowest BCUT2D eigenvalue weighted by Gasteiger charge is -2.15. The maximum Gasteiger partial charge on any atom is 0.269 e. The van der Waals surface area contributed by atoms with Crippen LogP contribution in [0.3, 0.4) is 0 Å². The van der Waals surface area contributed by atoms with Gasteiger partial charge in [0.05, 0.1) is 11.3 Å². The van der Waals surface area contributed by atoms with Crippen LogP contribution in [0, 0.1) is 0 Å². The fourth-order valence-corrected chi connectivity index (χ4v) is 4.70. The standard InChI is InChI=1S/C19H15N3O5S/c23-15-8-7-14(12-5-3-10-20-18(12)15)21-17(24)9-11-22-19(25)13-4-1-2-6-16(13)28(22,26)27/h1-8,10,23H,9,11H2,(H,21,24). The first-order valence-electron chi connectivity index (χ1n) is 8.42. The van der Waals surface area contributed by atoms with Gasteiger partial charge in [0.1, 0.15) is 16.2 Å². The van der Waals surface area contributed by atoms with Crippen molar-refractivity contribution in [1.29, 1.82) is 0 Å². The number of amides is 2. The topological polar surface area (TPSA) is 117 Å². The lowest BCUT2D eigenvalue weighted by molar-refractivity contribution is -0.116. The van der Waals surface area contributed by atoms with Crippen LogP contribution in [0.15, 0.2) is 59.6 Å². The Morgan fingerprint density at radius 3 is 2.68 bits per heavy atom. The monoisotopic (exact) mass is 397 g/mol. The molecule has 0 radical (unpaired) electrons. The van der Waals surface area contributed by atoms with Crippen LogP contribution in [0.25, 0.3) is 10.9 Å². The number of fused-ring (bicyclic) bond motifs is 2. The van der Waals surface area contributed by atoms with E-state index >= 15 is 0 Å². The van der Waals surface area contributed by atoms with E-state index in [1.54, 1.807) is 24.3 Å². The largest absolute Gasteiger partial charge is 0.506 e. The maximum atomic E-state index is 12.5. The van der Waals surface area contributed by atoms with Crippen molar-refractivity contribution < 1.29 is 23.1 Å². The summed E-state index contributed by atoms with van der Waals surface area (Å²) in [6.07, 6.45) is 1.32. The van der Waals surface area contributed by atoms with Crippen molar-refractivity contribution in [2.75, 3.05) is 11.9 Å². The fourth-order valence-electron chi connectivity index (χ4n) is 3.13. The summed E-state index contributed by atoms with van der Waals surface area (Å²) in [5.74, 6) is -1.11. The summed E-state index contributed by atoms with van der Waals surface area (Å²) >= 11 is 0. The highest BCUT2D eigenvalue weighted by atomic mass is 32.2. The third-order valence-corrected chi connectivity index (χ3v) is 6.32. The van der Waals surface area contributed by atoms with E-state index in [4.69, 9.17) is 0 Å². The molecule has 8 nitrogen and oxygen atoms in total. The first-order chi connectivity index (χ1) is 13.4. The van der Waals surface area contributed by atoms with Crippen molar-refractivity contribution in [2.24, 2.45) is 0 Å². The van der Waals surface area contributed by atoms with Crippen molar-refractivity contribution in [3.05, 3.63) is 60.3 Å². The Morgan fingerprint density at radius 2 is 1.89 bits per heavy atom. The molecule has 0 saturated heterocycles. The number of sulfonamides is 1. The lowest BCUT2D eigenvalue weighted by atomic mass is 10.1. The van der Waals surface area contributed by atoms with Crippen molar-refractivity contribution >= 4 is 38.4 Å². The summed E-state index contributed by atoms with van der Waals surface area (Å²) in [7, 11) is -3.94. The molecular formula is C19H15N3O5S. The van der Waals surface area contributed by atoms with Crippen LogP contribution < -0.4 is 5.32 Å². The number of phenols is 1. The third kappa shape index (κ3) is 2.85. The van der Waals surface area contributed by atoms with Gasteiger partial charge in [-0.25, -0.2) is 12.7 Å². The Balaban J connectivity index is 1.51. The Morgan fingerprint density at radius 1 is 1.11 bits per heavy atom. The second kappa shape index (κ2) is 6.61. The van der Waals surface area contributed by atoms with E-state index in [9.17, 15) is 23.1 Å². The molecule has 142 valence electrons. The molecular weight excluding hydrogens is 382 g/mol. The molecule has 1 aromatic heterocycles. The number of aromatic nitrogens is 1. The van der Waals surface area contributed by atoms with Crippen LogP contribution in [-0.2, 0) is 14.8 Å². The quantitative estimate of drug-likeness (QED) is 0.652. The Labute approximate surface area is 160 Å². The second-order valence-electron chi connectivity index (χ2n) is 6.21. The van der Waals surface area contributed by atoms with Gasteiger partial charge in [-0.2, -0.15) is 0 Å². The average molecular weight is 397 g/mol. The van der Waals surface area contributed by atoms with E-state index in [2.05, 4.69) is 10.3 Å². The molecule has 0 unspecified atom stereocenters. The number of benzene rings is 2. The third-order valence-electron chi connectivity index (χ3n) is 4.48. The van der Waals surface area contributed by atoms with E-state index in [1.165, 1.54) is 30.5 Å². The van der Waals surface area contributed by atoms with Crippen molar-refractivity contribution in [3.8, 4) is 5.75 Å². The van der Waals surface area contributed by atoms with Gasteiger partial charge in [-0.15, -0.1) is 0 Å². The Hall–Kier alpha value is -3.46. The minimum Gasteiger partial charge on any atom is -0.506 e. The number of hydrogen-bond acceptors (Lipinski definition) is 6. The number of anilines is 1. The van der Waals surface area contributed by atoms with Crippen LogP contribution in [-0.4, -0.2) is 41.2 Å². The summed E-state index contributed by atoms with van der Waals surface area (Å²) < 4.78 is 25.7. The number of nitrogens with one attached hydrogen (secondary N) is 1. The molecule has 1 aliphatic rings. The first-order valence-corrected chi connectivity index (χ1v) is 9.86. The van der Waals surface area contributed by atoms with Crippen LogP contribution >= 0.6 is 0 Å². The molecule has 28 heavy (non-hydrogen) atoms. The minimum absolute atomic E-state index is 0.0138. The molecule has 2 N–H and O–H groups in total. The number of phenolic OH excluding ortho intramolecular Hbond substituents is 1. The number of nitrogens with zero attached hydrogens (tertiary/aromatic N) is 2. The lowest BCUT2D eigenvalue weighted by Crippen LogP contribution is -2.33. The van der Waals surface area contributed by atoms with Gasteiger partial charge in [0.25, 0.3) is 15.9 Å². The highest BCUT2D eigenvalue weighted by molar-refractivity contribution is 7.90. The van der Waals surface area contributed by atoms with Gasteiger partial charge in [-0.1, -0.05) is 12.1 Å². The van der Waals surface area contributed by atoms with Crippen molar-refractivity contribution in [3.63, 3.8) is 0 Å². The maximum absolute atomic E-state index is 12.5. The number of carbonyl (C=O) groups excluding carboxylic acids is 2. The number of aromatic hydroxyl groups is 1. The van der Waals surface area contributed by atoms with E-state index in [1.807, 2.05) is 0 Å². The van der Waals surface area contributed by atoms with Gasteiger partial charge in [-0.05, 0) is 36.4 Å². The summed E-state index contributed by atoms with van der Waals surface area (Å²) in [5.41, 5.74) is 0.886. The van der Waals surface area contributed by atoms with Crippen LogP contribution in [0.5, 0.6) is 5.75 Å².